The molecule has 0 bridgehead atoms. The average Bonchev–Trinajstić information content (AvgIpc) is 2.54. The first kappa shape index (κ1) is 19.6. The molecule has 1 amide bonds. The van der Waals surface area contributed by atoms with Gasteiger partial charge in [-0.3, -0.25) is 9.52 Å². The summed E-state index contributed by atoms with van der Waals surface area (Å²) in [5, 5.41) is 2.22. The molecule has 2 rings (SSSR count). The van der Waals surface area contributed by atoms with Crippen LogP contribution >= 0.6 is 0 Å². The third-order valence-corrected chi connectivity index (χ3v) is 4.64. The van der Waals surface area contributed by atoms with E-state index in [9.17, 15) is 26.4 Å². The van der Waals surface area contributed by atoms with Gasteiger partial charge < -0.3 is 10.1 Å². The van der Waals surface area contributed by atoms with E-state index in [4.69, 9.17) is 4.74 Å². The topological polar surface area (TPSA) is 84.5 Å². The van der Waals surface area contributed by atoms with Crippen molar-refractivity contribution >= 4 is 27.3 Å². The molecule has 0 saturated carbocycles. The van der Waals surface area contributed by atoms with Gasteiger partial charge >= 0.3 is 6.18 Å². The third kappa shape index (κ3) is 4.66. The quantitative estimate of drug-likeness (QED) is 0.821. The molecular weight excluding hydrogens is 373 g/mol. The number of carbonyl (C=O) groups is 1. The van der Waals surface area contributed by atoms with Crippen LogP contribution in [0.1, 0.15) is 12.5 Å². The molecular formula is C16H15F3N2O4S. The number of carbonyl (C=O) groups excluding carboxylic acids is 1. The molecule has 10 heteroatoms. The lowest BCUT2D eigenvalue weighted by Gasteiger charge is -2.16. The first-order valence-electron chi connectivity index (χ1n) is 7.18. The largest absolute Gasteiger partial charge is 0.497 e. The van der Waals surface area contributed by atoms with Crippen LogP contribution in [0, 0.1) is 0 Å². The number of methoxy groups -OCH3 is 1. The van der Waals surface area contributed by atoms with E-state index in [0.29, 0.717) is 11.8 Å². The van der Waals surface area contributed by atoms with Gasteiger partial charge in [0.05, 0.1) is 23.3 Å². The Balaban J connectivity index is 2.41. The lowest BCUT2D eigenvalue weighted by atomic mass is 10.1. The molecule has 0 unspecified atom stereocenters. The van der Waals surface area contributed by atoms with E-state index in [1.54, 1.807) is 0 Å². The minimum Gasteiger partial charge on any atom is -0.497 e. The summed E-state index contributed by atoms with van der Waals surface area (Å²) in [6.45, 7) is 1.15. The second-order valence-corrected chi connectivity index (χ2v) is 6.90. The Kier molecular flexibility index (Phi) is 5.45. The van der Waals surface area contributed by atoms with E-state index in [2.05, 4.69) is 5.32 Å². The van der Waals surface area contributed by atoms with Crippen LogP contribution in [0.5, 0.6) is 5.75 Å². The van der Waals surface area contributed by atoms with Gasteiger partial charge in [-0.2, -0.15) is 13.2 Å². The summed E-state index contributed by atoms with van der Waals surface area (Å²) in [5.41, 5.74) is -1.97. The van der Waals surface area contributed by atoms with Crippen LogP contribution in [-0.2, 0) is 21.0 Å². The maximum absolute atomic E-state index is 13.3. The highest BCUT2D eigenvalue weighted by atomic mass is 32.2. The fraction of sp³-hybridized carbons (Fsp3) is 0.188. The van der Waals surface area contributed by atoms with Gasteiger partial charge in [-0.15, -0.1) is 0 Å². The van der Waals surface area contributed by atoms with Crippen molar-refractivity contribution in [3.63, 3.8) is 0 Å². The zero-order chi connectivity index (χ0) is 19.5. The molecule has 0 spiro atoms. The number of nitrogens with one attached hydrogen (secondary N) is 2. The summed E-state index contributed by atoms with van der Waals surface area (Å²) >= 11 is 0. The predicted octanol–water partition coefficient (Wildman–Crippen LogP) is 3.47. The van der Waals surface area contributed by atoms with E-state index in [1.807, 2.05) is 4.72 Å². The van der Waals surface area contributed by atoms with Crippen LogP contribution in [0.15, 0.2) is 47.4 Å². The van der Waals surface area contributed by atoms with Crippen LogP contribution in [-0.4, -0.2) is 21.4 Å². The molecule has 0 saturated heterocycles. The van der Waals surface area contributed by atoms with E-state index >= 15 is 0 Å². The van der Waals surface area contributed by atoms with Crippen LogP contribution in [0.2, 0.25) is 0 Å². The van der Waals surface area contributed by atoms with Gasteiger partial charge in [-0.25, -0.2) is 8.42 Å². The molecule has 2 N–H and O–H groups in total. The number of rotatable bonds is 5. The Labute approximate surface area is 148 Å². The minimum absolute atomic E-state index is 0.0998. The molecule has 140 valence electrons. The van der Waals surface area contributed by atoms with Crippen molar-refractivity contribution in [2.45, 2.75) is 18.0 Å². The van der Waals surface area contributed by atoms with Crippen molar-refractivity contribution in [1.82, 2.24) is 0 Å². The molecule has 0 heterocycles. The molecule has 0 radical (unpaired) electrons. The molecule has 0 aliphatic rings. The average molecular weight is 388 g/mol. The van der Waals surface area contributed by atoms with Crippen LogP contribution in [0.25, 0.3) is 0 Å². The van der Waals surface area contributed by atoms with Crippen molar-refractivity contribution in [2.24, 2.45) is 0 Å². The van der Waals surface area contributed by atoms with Gasteiger partial charge in [0.25, 0.3) is 10.0 Å². The summed E-state index contributed by atoms with van der Waals surface area (Å²) in [4.78, 5) is 10.8. The number of amides is 1. The summed E-state index contributed by atoms with van der Waals surface area (Å²) in [7, 11) is -2.85. The fourth-order valence-electron chi connectivity index (χ4n) is 2.11. The van der Waals surface area contributed by atoms with E-state index in [0.717, 1.165) is 13.0 Å². The standard InChI is InChI=1S/C16H15F3N2O4S/c1-10(22)20-11-3-8-15(14(9-11)16(17,18)19)21-26(23,24)13-6-4-12(25-2)5-7-13/h3-9,21H,1-2H3,(H,20,22). The van der Waals surface area contributed by atoms with E-state index in [1.165, 1.54) is 37.4 Å². The van der Waals surface area contributed by atoms with E-state index < -0.39 is 33.4 Å². The Hall–Kier alpha value is -2.75. The summed E-state index contributed by atoms with van der Waals surface area (Å²) in [5.74, 6) is -0.149. The monoisotopic (exact) mass is 388 g/mol. The van der Waals surface area contributed by atoms with Crippen LogP contribution in [0.4, 0.5) is 24.5 Å². The van der Waals surface area contributed by atoms with Gasteiger partial charge in [0.15, 0.2) is 0 Å². The number of alkyl halides is 3. The second kappa shape index (κ2) is 7.24. The number of anilines is 2. The smallest absolute Gasteiger partial charge is 0.418 e. The molecule has 2 aromatic rings. The van der Waals surface area contributed by atoms with Crippen molar-refractivity contribution in [3.8, 4) is 5.75 Å². The molecule has 0 aromatic heterocycles. The summed E-state index contributed by atoms with van der Waals surface area (Å²) < 4.78 is 71.4. The number of hydrogen-bond acceptors (Lipinski definition) is 4. The number of ether oxygens (including phenoxy) is 1. The van der Waals surface area contributed by atoms with Crippen molar-refractivity contribution in [3.05, 3.63) is 48.0 Å². The molecule has 6 nitrogen and oxygen atoms in total. The minimum atomic E-state index is -4.83. The fourth-order valence-corrected chi connectivity index (χ4v) is 3.19. The normalized spacial score (nSPS) is 11.7. The Morgan fingerprint density at radius 1 is 1.08 bits per heavy atom. The van der Waals surface area contributed by atoms with Gasteiger partial charge in [-0.1, -0.05) is 0 Å². The highest BCUT2D eigenvalue weighted by molar-refractivity contribution is 7.92. The lowest BCUT2D eigenvalue weighted by Crippen LogP contribution is -2.18. The molecule has 0 atom stereocenters. The van der Waals surface area contributed by atoms with Gasteiger partial charge in [0.2, 0.25) is 5.91 Å². The Morgan fingerprint density at radius 2 is 1.69 bits per heavy atom. The Bertz CT molecular complexity index is 910. The Morgan fingerprint density at radius 3 is 2.19 bits per heavy atom. The SMILES string of the molecule is COc1ccc(S(=O)(=O)Nc2ccc(NC(C)=O)cc2C(F)(F)F)cc1. The van der Waals surface area contributed by atoms with Gasteiger partial charge in [0, 0.05) is 12.6 Å². The first-order chi connectivity index (χ1) is 12.0. The van der Waals surface area contributed by atoms with Gasteiger partial charge in [-0.05, 0) is 42.5 Å². The highest BCUT2D eigenvalue weighted by Gasteiger charge is 2.35. The predicted molar refractivity (Wildman–Crippen MR) is 89.6 cm³/mol. The molecule has 26 heavy (non-hydrogen) atoms. The van der Waals surface area contributed by atoms with E-state index in [-0.39, 0.29) is 10.6 Å². The second-order valence-electron chi connectivity index (χ2n) is 5.22. The summed E-state index contributed by atoms with van der Waals surface area (Å²) in [6, 6.07) is 7.93. The van der Waals surface area contributed by atoms with Crippen molar-refractivity contribution in [1.29, 1.82) is 0 Å². The third-order valence-electron chi connectivity index (χ3n) is 3.26. The maximum Gasteiger partial charge on any atom is 0.418 e. The maximum atomic E-state index is 13.3. The first-order valence-corrected chi connectivity index (χ1v) is 8.67. The number of hydrogen-bond donors (Lipinski definition) is 2. The van der Waals surface area contributed by atoms with Crippen LogP contribution in [0.3, 0.4) is 0 Å². The number of benzene rings is 2. The molecule has 0 fully saturated rings. The number of halogens is 3. The van der Waals surface area contributed by atoms with Crippen molar-refractivity contribution in [2.75, 3.05) is 17.1 Å². The van der Waals surface area contributed by atoms with Crippen molar-refractivity contribution < 1.29 is 31.1 Å². The highest BCUT2D eigenvalue weighted by Crippen LogP contribution is 2.37. The summed E-state index contributed by atoms with van der Waals surface area (Å²) in [6.07, 6.45) is -4.83. The zero-order valence-corrected chi connectivity index (χ0v) is 14.5. The number of sulfonamides is 1. The zero-order valence-electron chi connectivity index (χ0n) is 13.7. The molecule has 0 aliphatic heterocycles. The van der Waals surface area contributed by atoms with Crippen LogP contribution < -0.4 is 14.8 Å². The lowest BCUT2D eigenvalue weighted by molar-refractivity contribution is -0.136. The molecule has 2 aromatic carbocycles. The van der Waals surface area contributed by atoms with Gasteiger partial charge in [0.1, 0.15) is 5.75 Å². The molecule has 0 aliphatic carbocycles.